The highest BCUT2D eigenvalue weighted by Crippen LogP contribution is 2.09. The van der Waals surface area contributed by atoms with E-state index < -0.39 is 7.12 Å². The third kappa shape index (κ3) is 2.34. The molecule has 74 valence electrons. The standard InChI is InChI=1S/C9H12BNO3/c1-7(12)11(2)9-5-3-8(4-6-9)10(13)14/h3-6,13-14H,1-2H3. The smallest absolute Gasteiger partial charge is 0.423 e. The highest BCUT2D eigenvalue weighted by atomic mass is 16.4. The van der Waals surface area contributed by atoms with E-state index in [2.05, 4.69) is 0 Å². The Bertz CT molecular complexity index is 323. The van der Waals surface area contributed by atoms with Crippen molar-refractivity contribution in [2.24, 2.45) is 0 Å². The Morgan fingerprint density at radius 2 is 1.79 bits per heavy atom. The number of carbonyl (C=O) groups excluding carboxylic acids is 1. The first-order valence-corrected chi connectivity index (χ1v) is 4.22. The minimum absolute atomic E-state index is 0.0673. The summed E-state index contributed by atoms with van der Waals surface area (Å²) in [6.07, 6.45) is 0. The third-order valence-corrected chi connectivity index (χ3v) is 2.05. The van der Waals surface area contributed by atoms with E-state index in [1.165, 1.54) is 11.8 Å². The SMILES string of the molecule is CC(=O)N(C)c1ccc(B(O)O)cc1. The number of nitrogens with zero attached hydrogens (tertiary/aromatic N) is 1. The van der Waals surface area contributed by atoms with Crippen LogP contribution in [0.5, 0.6) is 0 Å². The van der Waals surface area contributed by atoms with Crippen LogP contribution in [0.1, 0.15) is 6.92 Å². The van der Waals surface area contributed by atoms with Gasteiger partial charge in [0.25, 0.3) is 0 Å². The average molecular weight is 193 g/mol. The van der Waals surface area contributed by atoms with Crippen LogP contribution >= 0.6 is 0 Å². The molecule has 0 aliphatic heterocycles. The van der Waals surface area contributed by atoms with E-state index in [0.717, 1.165) is 5.69 Å². The van der Waals surface area contributed by atoms with Gasteiger partial charge in [0.15, 0.2) is 0 Å². The molecule has 0 aliphatic rings. The normalized spacial score (nSPS) is 9.71. The van der Waals surface area contributed by atoms with Crippen molar-refractivity contribution in [3.8, 4) is 0 Å². The van der Waals surface area contributed by atoms with Gasteiger partial charge in [0.05, 0.1) is 0 Å². The van der Waals surface area contributed by atoms with Crippen molar-refractivity contribution in [3.63, 3.8) is 0 Å². The molecule has 0 radical (unpaired) electrons. The molecule has 5 heteroatoms. The minimum Gasteiger partial charge on any atom is -0.423 e. The second-order valence-electron chi connectivity index (χ2n) is 3.04. The summed E-state index contributed by atoms with van der Waals surface area (Å²) < 4.78 is 0. The molecule has 0 unspecified atom stereocenters. The number of hydrogen-bond acceptors (Lipinski definition) is 3. The third-order valence-electron chi connectivity index (χ3n) is 2.05. The zero-order chi connectivity index (χ0) is 10.7. The van der Waals surface area contributed by atoms with Crippen molar-refractivity contribution in [2.45, 2.75) is 6.92 Å². The maximum absolute atomic E-state index is 11.0. The van der Waals surface area contributed by atoms with Crippen LogP contribution in [0, 0.1) is 0 Å². The Morgan fingerprint density at radius 3 is 2.14 bits per heavy atom. The zero-order valence-corrected chi connectivity index (χ0v) is 8.14. The maximum Gasteiger partial charge on any atom is 0.488 e. The van der Waals surface area contributed by atoms with Crippen molar-refractivity contribution in [1.29, 1.82) is 0 Å². The second kappa shape index (κ2) is 4.26. The first kappa shape index (κ1) is 10.8. The summed E-state index contributed by atoms with van der Waals surface area (Å²) in [6, 6.07) is 6.46. The van der Waals surface area contributed by atoms with Crippen LogP contribution in [0.15, 0.2) is 24.3 Å². The van der Waals surface area contributed by atoms with E-state index in [9.17, 15) is 4.79 Å². The summed E-state index contributed by atoms with van der Waals surface area (Å²) in [5, 5.41) is 17.7. The summed E-state index contributed by atoms with van der Waals surface area (Å²) in [4.78, 5) is 12.5. The van der Waals surface area contributed by atoms with E-state index in [-0.39, 0.29) is 5.91 Å². The fourth-order valence-electron chi connectivity index (χ4n) is 1.05. The molecule has 0 fully saturated rings. The van der Waals surface area contributed by atoms with E-state index in [4.69, 9.17) is 10.0 Å². The summed E-state index contributed by atoms with van der Waals surface area (Å²) in [5.74, 6) is -0.0673. The quantitative estimate of drug-likeness (QED) is 0.613. The zero-order valence-electron chi connectivity index (χ0n) is 8.14. The van der Waals surface area contributed by atoms with E-state index in [0.29, 0.717) is 5.46 Å². The van der Waals surface area contributed by atoms with Gasteiger partial charge in [-0.3, -0.25) is 4.79 Å². The molecule has 1 aromatic carbocycles. The molecule has 1 aromatic rings. The van der Waals surface area contributed by atoms with Crippen molar-refractivity contribution >= 4 is 24.2 Å². The van der Waals surface area contributed by atoms with Crippen LogP contribution in [0.3, 0.4) is 0 Å². The first-order chi connectivity index (χ1) is 6.52. The Hall–Kier alpha value is -1.33. The Kier molecular flexibility index (Phi) is 3.27. The van der Waals surface area contributed by atoms with Crippen LogP contribution in [0.4, 0.5) is 5.69 Å². The molecule has 0 bridgehead atoms. The van der Waals surface area contributed by atoms with Gasteiger partial charge in [-0.25, -0.2) is 0 Å². The lowest BCUT2D eigenvalue weighted by Crippen LogP contribution is -2.30. The fraction of sp³-hybridized carbons (Fsp3) is 0.222. The molecule has 0 aromatic heterocycles. The van der Waals surface area contributed by atoms with E-state index in [1.807, 2.05) is 0 Å². The Morgan fingerprint density at radius 1 is 1.29 bits per heavy atom. The molecule has 2 N–H and O–H groups in total. The molecule has 4 nitrogen and oxygen atoms in total. The van der Waals surface area contributed by atoms with Gasteiger partial charge >= 0.3 is 7.12 Å². The van der Waals surface area contributed by atoms with Gasteiger partial charge in [-0.1, -0.05) is 12.1 Å². The summed E-state index contributed by atoms with van der Waals surface area (Å²) in [5.41, 5.74) is 1.13. The average Bonchev–Trinajstić information content (AvgIpc) is 2.16. The van der Waals surface area contributed by atoms with Crippen LogP contribution in [-0.2, 0) is 4.79 Å². The summed E-state index contributed by atoms with van der Waals surface area (Å²) in [6.45, 7) is 1.47. The number of amides is 1. The van der Waals surface area contributed by atoms with Crippen LogP contribution in [0.2, 0.25) is 0 Å². The highest BCUT2D eigenvalue weighted by molar-refractivity contribution is 6.58. The number of hydrogen-bond donors (Lipinski definition) is 2. The lowest BCUT2D eigenvalue weighted by atomic mass is 9.80. The fourth-order valence-corrected chi connectivity index (χ4v) is 1.05. The molecule has 0 spiro atoms. The molecular weight excluding hydrogens is 181 g/mol. The van der Waals surface area contributed by atoms with E-state index >= 15 is 0 Å². The van der Waals surface area contributed by atoms with Crippen molar-refractivity contribution in [2.75, 3.05) is 11.9 Å². The van der Waals surface area contributed by atoms with Gasteiger partial charge in [0.1, 0.15) is 0 Å². The molecule has 0 saturated carbocycles. The van der Waals surface area contributed by atoms with Gasteiger partial charge in [0, 0.05) is 19.7 Å². The molecule has 1 rings (SSSR count). The lowest BCUT2D eigenvalue weighted by Gasteiger charge is -2.14. The molecule has 0 saturated heterocycles. The van der Waals surface area contributed by atoms with Crippen molar-refractivity contribution in [3.05, 3.63) is 24.3 Å². The Labute approximate surface area is 82.9 Å². The van der Waals surface area contributed by atoms with Gasteiger partial charge < -0.3 is 14.9 Å². The number of anilines is 1. The minimum atomic E-state index is -1.47. The first-order valence-electron chi connectivity index (χ1n) is 4.22. The van der Waals surface area contributed by atoms with E-state index in [1.54, 1.807) is 31.3 Å². The monoisotopic (exact) mass is 193 g/mol. The predicted octanol–water partition coefficient (Wildman–Crippen LogP) is -0.651. The lowest BCUT2D eigenvalue weighted by molar-refractivity contribution is -0.116. The Balaban J connectivity index is 2.88. The second-order valence-corrected chi connectivity index (χ2v) is 3.04. The van der Waals surface area contributed by atoms with Gasteiger partial charge in [-0.15, -0.1) is 0 Å². The summed E-state index contributed by atoms with van der Waals surface area (Å²) in [7, 11) is 0.193. The van der Waals surface area contributed by atoms with Crippen molar-refractivity contribution in [1.82, 2.24) is 0 Å². The van der Waals surface area contributed by atoms with Crippen LogP contribution in [0.25, 0.3) is 0 Å². The number of carbonyl (C=O) groups is 1. The maximum atomic E-state index is 11.0. The van der Waals surface area contributed by atoms with Crippen LogP contribution in [-0.4, -0.2) is 30.1 Å². The molecule has 0 aliphatic carbocycles. The topological polar surface area (TPSA) is 60.8 Å². The van der Waals surface area contributed by atoms with Gasteiger partial charge in [-0.2, -0.15) is 0 Å². The largest absolute Gasteiger partial charge is 0.488 e. The molecular formula is C9H12BNO3. The van der Waals surface area contributed by atoms with Crippen molar-refractivity contribution < 1.29 is 14.8 Å². The predicted molar refractivity (Wildman–Crippen MR) is 55.4 cm³/mol. The molecule has 0 atom stereocenters. The highest BCUT2D eigenvalue weighted by Gasteiger charge is 2.11. The van der Waals surface area contributed by atoms with Gasteiger partial charge in [-0.05, 0) is 17.6 Å². The number of rotatable bonds is 2. The molecule has 0 heterocycles. The van der Waals surface area contributed by atoms with Gasteiger partial charge in [0.2, 0.25) is 5.91 Å². The van der Waals surface area contributed by atoms with Crippen LogP contribution < -0.4 is 10.4 Å². The number of benzene rings is 1. The molecule has 14 heavy (non-hydrogen) atoms. The summed E-state index contributed by atoms with van der Waals surface area (Å²) >= 11 is 0. The molecule has 1 amide bonds.